The molecule has 0 atom stereocenters. The van der Waals surface area contributed by atoms with Gasteiger partial charge < -0.3 is 9.74 Å². The van der Waals surface area contributed by atoms with Crippen LogP contribution in [0.4, 0.5) is 24.0 Å². The lowest BCUT2D eigenvalue weighted by Gasteiger charge is -2.44. The second kappa shape index (κ2) is 10.6. The molecule has 0 radical (unpaired) electrons. The van der Waals surface area contributed by atoms with Gasteiger partial charge in [-0.1, -0.05) is 16.5 Å². The molecule has 0 bridgehead atoms. The quantitative estimate of drug-likeness (QED) is 0.411. The molecule has 0 spiro atoms. The van der Waals surface area contributed by atoms with Crippen molar-refractivity contribution in [3.63, 3.8) is 0 Å². The molecule has 1 aliphatic carbocycles. The molecule has 1 saturated heterocycles. The van der Waals surface area contributed by atoms with Gasteiger partial charge in [0, 0.05) is 45.3 Å². The molecule has 10 nitrogen and oxygen atoms in total. The molecule has 196 valence electrons. The van der Waals surface area contributed by atoms with E-state index in [2.05, 4.69) is 27.2 Å². The van der Waals surface area contributed by atoms with Crippen molar-refractivity contribution >= 4 is 38.0 Å². The van der Waals surface area contributed by atoms with E-state index in [9.17, 15) is 28.1 Å². The van der Waals surface area contributed by atoms with E-state index in [1.165, 1.54) is 0 Å². The van der Waals surface area contributed by atoms with Gasteiger partial charge in [-0.3, -0.25) is 14.9 Å². The molecule has 2 aromatic rings. The van der Waals surface area contributed by atoms with Crippen LogP contribution >= 0.6 is 11.3 Å². The number of piperazine rings is 1. The van der Waals surface area contributed by atoms with Gasteiger partial charge >= 0.3 is 6.18 Å². The minimum Gasteiger partial charge on any atom is -0.396 e. The summed E-state index contributed by atoms with van der Waals surface area (Å²) in [4.78, 5) is 34.2. The Kier molecular flexibility index (Phi) is 7.76. The second-order valence-electron chi connectivity index (χ2n) is 8.75. The maximum Gasteiger partial charge on any atom is 0.416 e. The summed E-state index contributed by atoms with van der Waals surface area (Å²) in [5.41, 5.74) is -1.80. The Bertz CT molecular complexity index is 1200. The van der Waals surface area contributed by atoms with Gasteiger partial charge in [-0.15, -0.1) is 0 Å². The number of benzene rings is 1. The first-order chi connectivity index (χ1) is 17.1. The van der Waals surface area contributed by atoms with Gasteiger partial charge in [-0.05, 0) is 38.7 Å². The maximum atomic E-state index is 13.2. The first kappa shape index (κ1) is 26.2. The first-order valence-corrected chi connectivity index (χ1v) is 12.5. The summed E-state index contributed by atoms with van der Waals surface area (Å²) in [7, 11) is 2.05. The molecule has 0 N–H and O–H groups in total. The molecule has 2 heterocycles. The molecule has 14 heteroatoms. The molecule has 0 amide bonds. The molecular formula is C22H27F3N6O4S. The zero-order chi connectivity index (χ0) is 26.0. The number of alkyl halides is 3. The largest absolute Gasteiger partial charge is 0.416 e. The smallest absolute Gasteiger partial charge is 0.396 e. The van der Waals surface area contributed by atoms with Crippen molar-refractivity contribution in [2.45, 2.75) is 44.8 Å². The number of hydrogen-bond acceptors (Lipinski definition) is 10. The molecule has 36 heavy (non-hydrogen) atoms. The molecule has 0 unspecified atom stereocenters. The highest BCUT2D eigenvalue weighted by Gasteiger charge is 2.35. The van der Waals surface area contributed by atoms with Crippen molar-refractivity contribution in [2.24, 2.45) is 5.16 Å². The lowest BCUT2D eigenvalue weighted by Crippen LogP contribution is -2.56. The van der Waals surface area contributed by atoms with Crippen LogP contribution in [0.3, 0.4) is 0 Å². The Morgan fingerprint density at radius 1 is 1.25 bits per heavy atom. The van der Waals surface area contributed by atoms with Crippen LogP contribution in [0.25, 0.3) is 10.1 Å². The van der Waals surface area contributed by atoms with Gasteiger partial charge in [0.15, 0.2) is 5.13 Å². The number of non-ortho nitro benzene ring substituents is 1. The van der Waals surface area contributed by atoms with Gasteiger partial charge in [0.2, 0.25) is 0 Å². The van der Waals surface area contributed by atoms with Gasteiger partial charge in [-0.25, -0.2) is 10.0 Å². The van der Waals surface area contributed by atoms with Gasteiger partial charge in [0.1, 0.15) is 11.3 Å². The minimum absolute atomic E-state index is 0.103. The molecule has 1 aromatic heterocycles. The molecule has 1 aliphatic heterocycles. The number of rotatable bonds is 6. The van der Waals surface area contributed by atoms with Crippen LogP contribution in [-0.4, -0.2) is 71.5 Å². The Hall–Kier alpha value is -2.84. The summed E-state index contributed by atoms with van der Waals surface area (Å²) in [5.74, 6) is 0. The highest BCUT2D eigenvalue weighted by Crippen LogP contribution is 2.38. The monoisotopic (exact) mass is 528 g/mol. The van der Waals surface area contributed by atoms with Crippen molar-refractivity contribution < 1.29 is 22.9 Å². The standard InChI is InChI=1S/C22H27F3N6O4S/c1-3-35-27-15-4-6-16(7-5-15)28(2)30-10-8-29(9-11-30)21-26-20(32)17-12-14(22(23,24)25)13-18(31(33)34)19(17)36-21/h12-13,16H,3-11H2,1-2H3. The molecule has 1 saturated carbocycles. The van der Waals surface area contributed by atoms with Crippen LogP contribution in [0.15, 0.2) is 22.1 Å². The average molecular weight is 529 g/mol. The first-order valence-electron chi connectivity index (χ1n) is 11.7. The summed E-state index contributed by atoms with van der Waals surface area (Å²) in [6.45, 7) is 4.82. The van der Waals surface area contributed by atoms with E-state index in [-0.39, 0.29) is 9.83 Å². The van der Waals surface area contributed by atoms with Crippen molar-refractivity contribution in [3.05, 3.63) is 38.2 Å². The minimum atomic E-state index is -4.81. The Morgan fingerprint density at radius 3 is 2.50 bits per heavy atom. The van der Waals surface area contributed by atoms with Crippen molar-refractivity contribution in [3.8, 4) is 0 Å². The molecule has 2 aliphatic rings. The Balaban J connectivity index is 1.47. The number of fused-ring (bicyclic) bond motifs is 1. The second-order valence-corrected chi connectivity index (χ2v) is 9.73. The summed E-state index contributed by atoms with van der Waals surface area (Å²) in [6.07, 6.45) is -1.09. The fourth-order valence-electron chi connectivity index (χ4n) is 4.57. The highest BCUT2D eigenvalue weighted by atomic mass is 32.1. The average Bonchev–Trinajstić information content (AvgIpc) is 2.86. The number of oxime groups is 1. The lowest BCUT2D eigenvalue weighted by atomic mass is 9.93. The molecule has 2 fully saturated rings. The van der Waals surface area contributed by atoms with Gasteiger partial charge in [0.25, 0.3) is 11.2 Å². The predicted octanol–water partition coefficient (Wildman–Crippen LogP) is 3.89. The van der Waals surface area contributed by atoms with Crippen LogP contribution in [0.5, 0.6) is 0 Å². The summed E-state index contributed by atoms with van der Waals surface area (Å²) in [5, 5.41) is 20.0. The fourth-order valence-corrected chi connectivity index (χ4v) is 5.68. The predicted molar refractivity (Wildman–Crippen MR) is 130 cm³/mol. The summed E-state index contributed by atoms with van der Waals surface area (Å²) in [6, 6.07) is 1.49. The Labute approximate surface area is 209 Å². The van der Waals surface area contributed by atoms with E-state index < -0.39 is 33.3 Å². The van der Waals surface area contributed by atoms with Crippen LogP contribution < -0.4 is 10.5 Å². The van der Waals surface area contributed by atoms with Crippen molar-refractivity contribution in [1.82, 2.24) is 15.0 Å². The number of hydrazine groups is 1. The van der Waals surface area contributed by atoms with E-state index in [0.717, 1.165) is 42.7 Å². The number of nitrogens with zero attached hydrogens (tertiary/aromatic N) is 6. The zero-order valence-electron chi connectivity index (χ0n) is 20.0. The van der Waals surface area contributed by atoms with E-state index in [1.54, 1.807) is 0 Å². The topological polar surface area (TPSA) is 104 Å². The Morgan fingerprint density at radius 2 is 1.92 bits per heavy atom. The molecule has 4 rings (SSSR count). The number of halogens is 3. The third-order valence-corrected chi connectivity index (χ3v) is 7.74. The summed E-state index contributed by atoms with van der Waals surface area (Å²) < 4.78 is 39.5. The fraction of sp³-hybridized carbons (Fsp3) is 0.591. The number of nitro groups is 1. The zero-order valence-corrected chi connectivity index (χ0v) is 20.8. The highest BCUT2D eigenvalue weighted by molar-refractivity contribution is 7.22. The van der Waals surface area contributed by atoms with Crippen molar-refractivity contribution in [1.29, 1.82) is 0 Å². The summed E-state index contributed by atoms with van der Waals surface area (Å²) >= 11 is 0.875. The van der Waals surface area contributed by atoms with Crippen LogP contribution in [0.2, 0.25) is 0 Å². The number of anilines is 1. The van der Waals surface area contributed by atoms with E-state index in [4.69, 9.17) is 4.84 Å². The van der Waals surface area contributed by atoms with Gasteiger partial charge in [-0.2, -0.15) is 18.2 Å². The number of aromatic nitrogens is 1. The van der Waals surface area contributed by atoms with E-state index in [1.807, 2.05) is 11.8 Å². The van der Waals surface area contributed by atoms with Gasteiger partial charge in [0.05, 0.1) is 21.6 Å². The SMILES string of the molecule is CCON=C1CCC(N(C)N2CCN(c3nc(=O)c4cc(C(F)(F)F)cc([N+](=O)[O-])c4s3)CC2)CC1. The third kappa shape index (κ3) is 5.60. The van der Waals surface area contributed by atoms with Crippen LogP contribution in [-0.2, 0) is 11.0 Å². The third-order valence-electron chi connectivity index (χ3n) is 6.57. The number of hydrogen-bond donors (Lipinski definition) is 0. The maximum absolute atomic E-state index is 13.2. The van der Waals surface area contributed by atoms with Crippen molar-refractivity contribution in [2.75, 3.05) is 44.7 Å². The lowest BCUT2D eigenvalue weighted by molar-refractivity contribution is -0.383. The number of nitro benzene ring substituents is 1. The van der Waals surface area contributed by atoms with Crippen LogP contribution in [0.1, 0.15) is 38.2 Å². The van der Waals surface area contributed by atoms with E-state index >= 15 is 0 Å². The normalized spacial score (nSPS) is 19.7. The molecular weight excluding hydrogens is 501 g/mol. The van der Waals surface area contributed by atoms with E-state index in [0.29, 0.717) is 51.0 Å². The van der Waals surface area contributed by atoms with Crippen LogP contribution in [0, 0.1) is 10.1 Å². The molecule has 1 aromatic carbocycles.